The molecule has 6 nitrogen and oxygen atoms in total. The zero-order valence-corrected chi connectivity index (χ0v) is 17.3. The molecule has 0 spiro atoms. The first-order chi connectivity index (χ1) is 12.7. The second-order valence-corrected chi connectivity index (χ2v) is 9.02. The Bertz CT molecular complexity index is 901. The van der Waals surface area contributed by atoms with Crippen LogP contribution in [0, 0.1) is 0 Å². The van der Waals surface area contributed by atoms with Gasteiger partial charge in [-0.25, -0.2) is 8.42 Å². The molecule has 0 saturated carbocycles. The molecule has 2 N–H and O–H groups in total. The highest BCUT2D eigenvalue weighted by atomic mass is 35.5. The van der Waals surface area contributed by atoms with Gasteiger partial charge in [0.15, 0.2) is 0 Å². The number of sulfonamides is 1. The highest BCUT2D eigenvalue weighted by molar-refractivity contribution is 7.92. The molecule has 0 aliphatic carbocycles. The largest absolute Gasteiger partial charge is 0.350 e. The van der Waals surface area contributed by atoms with E-state index in [0.717, 1.165) is 28.2 Å². The minimum Gasteiger partial charge on any atom is -0.350 e. The van der Waals surface area contributed by atoms with Crippen LogP contribution in [-0.2, 0) is 27.9 Å². The van der Waals surface area contributed by atoms with Gasteiger partial charge in [-0.15, -0.1) is 0 Å². The van der Waals surface area contributed by atoms with Crippen LogP contribution in [0.5, 0.6) is 0 Å². The lowest BCUT2D eigenvalue weighted by Gasteiger charge is -2.22. The SMILES string of the molecule is C[NH+](C)Cc1ccccc1CNC(=O)CN(c1cccc(Cl)c1)S(C)(=O)=O. The molecule has 0 atom stereocenters. The van der Waals surface area contributed by atoms with E-state index in [9.17, 15) is 13.2 Å². The average Bonchev–Trinajstić information content (AvgIpc) is 2.57. The summed E-state index contributed by atoms with van der Waals surface area (Å²) in [6.45, 7) is 0.875. The summed E-state index contributed by atoms with van der Waals surface area (Å²) < 4.78 is 25.3. The van der Waals surface area contributed by atoms with E-state index < -0.39 is 10.0 Å². The number of hydrogen-bond donors (Lipinski definition) is 2. The third-order valence-corrected chi connectivity index (χ3v) is 5.30. The molecule has 146 valence electrons. The molecule has 1 amide bonds. The summed E-state index contributed by atoms with van der Waals surface area (Å²) in [6.07, 6.45) is 1.07. The number of carbonyl (C=O) groups excluding carboxylic acids is 1. The van der Waals surface area contributed by atoms with Crippen LogP contribution in [0.25, 0.3) is 0 Å². The first-order valence-electron chi connectivity index (χ1n) is 8.52. The van der Waals surface area contributed by atoms with E-state index in [4.69, 9.17) is 11.6 Å². The summed E-state index contributed by atoms with van der Waals surface area (Å²) in [6, 6.07) is 14.3. The molecule has 0 fully saturated rings. The minimum absolute atomic E-state index is 0.305. The van der Waals surface area contributed by atoms with Gasteiger partial charge in [0, 0.05) is 17.1 Å². The van der Waals surface area contributed by atoms with Crippen molar-refractivity contribution in [2.45, 2.75) is 13.1 Å². The molecule has 2 rings (SSSR count). The van der Waals surface area contributed by atoms with Crippen molar-refractivity contribution in [3.8, 4) is 0 Å². The van der Waals surface area contributed by atoms with Gasteiger partial charge in [0.2, 0.25) is 15.9 Å². The van der Waals surface area contributed by atoms with Gasteiger partial charge in [-0.05, 0) is 23.8 Å². The third-order valence-electron chi connectivity index (χ3n) is 3.92. The Morgan fingerprint density at radius 1 is 1.11 bits per heavy atom. The molecule has 2 aromatic rings. The molecule has 2 aromatic carbocycles. The number of carbonyl (C=O) groups is 1. The maximum Gasteiger partial charge on any atom is 0.241 e. The van der Waals surface area contributed by atoms with Crippen LogP contribution in [0.3, 0.4) is 0 Å². The molecule has 0 heterocycles. The van der Waals surface area contributed by atoms with Gasteiger partial charge in [-0.2, -0.15) is 0 Å². The first-order valence-corrected chi connectivity index (χ1v) is 10.7. The van der Waals surface area contributed by atoms with Crippen molar-refractivity contribution in [1.29, 1.82) is 0 Å². The molecule has 0 radical (unpaired) electrons. The molecule has 0 aliphatic heterocycles. The Kier molecular flexibility index (Phi) is 7.24. The maximum absolute atomic E-state index is 12.4. The summed E-state index contributed by atoms with van der Waals surface area (Å²) in [5.41, 5.74) is 2.52. The standard InChI is InChI=1S/C19H24ClN3O3S/c1-22(2)13-16-8-5-4-7-15(16)12-21-19(24)14-23(27(3,25)26)18-10-6-9-17(20)11-18/h4-11H,12-14H2,1-3H3,(H,21,24)/p+1. The van der Waals surface area contributed by atoms with Crippen LogP contribution in [-0.4, -0.2) is 41.2 Å². The number of nitrogens with zero attached hydrogens (tertiary/aromatic N) is 1. The van der Waals surface area contributed by atoms with Crippen LogP contribution in [0.2, 0.25) is 5.02 Å². The predicted molar refractivity (Wildman–Crippen MR) is 108 cm³/mol. The Morgan fingerprint density at radius 3 is 2.37 bits per heavy atom. The van der Waals surface area contributed by atoms with Gasteiger partial charge in [-0.1, -0.05) is 41.9 Å². The second kappa shape index (κ2) is 9.21. The van der Waals surface area contributed by atoms with Gasteiger partial charge in [-0.3, -0.25) is 9.10 Å². The van der Waals surface area contributed by atoms with E-state index >= 15 is 0 Å². The molecule has 8 heteroatoms. The molecule has 0 aliphatic rings. The third kappa shape index (κ3) is 6.53. The molecule has 0 bridgehead atoms. The first kappa shape index (κ1) is 21.2. The molecule has 0 saturated heterocycles. The number of benzene rings is 2. The van der Waals surface area contributed by atoms with Gasteiger partial charge in [0.1, 0.15) is 13.1 Å². The molecule has 27 heavy (non-hydrogen) atoms. The average molecular weight is 411 g/mol. The fraction of sp³-hybridized carbons (Fsp3) is 0.316. The van der Waals surface area contributed by atoms with E-state index in [1.54, 1.807) is 18.2 Å². The maximum atomic E-state index is 12.4. The van der Waals surface area contributed by atoms with Crippen molar-refractivity contribution < 1.29 is 18.1 Å². The van der Waals surface area contributed by atoms with Crippen molar-refractivity contribution in [2.75, 3.05) is 31.2 Å². The lowest BCUT2D eigenvalue weighted by atomic mass is 10.1. The topological polar surface area (TPSA) is 70.9 Å². The van der Waals surface area contributed by atoms with Crippen molar-refractivity contribution in [3.63, 3.8) is 0 Å². The van der Waals surface area contributed by atoms with Crippen LogP contribution < -0.4 is 14.5 Å². The second-order valence-electron chi connectivity index (χ2n) is 6.68. The summed E-state index contributed by atoms with van der Waals surface area (Å²) in [5.74, 6) is -0.382. The molecular weight excluding hydrogens is 386 g/mol. The number of halogens is 1. The minimum atomic E-state index is -3.63. The smallest absolute Gasteiger partial charge is 0.241 e. The summed E-state index contributed by atoms with van der Waals surface area (Å²) in [4.78, 5) is 13.7. The molecular formula is C19H25ClN3O3S+. The van der Waals surface area contributed by atoms with E-state index in [1.807, 2.05) is 24.3 Å². The predicted octanol–water partition coefficient (Wildman–Crippen LogP) is 1.07. The fourth-order valence-corrected chi connectivity index (χ4v) is 3.73. The van der Waals surface area contributed by atoms with Gasteiger partial charge in [0.25, 0.3) is 0 Å². The lowest BCUT2D eigenvalue weighted by molar-refractivity contribution is -0.872. The molecule has 0 aromatic heterocycles. The van der Waals surface area contributed by atoms with E-state index in [-0.39, 0.29) is 12.5 Å². The number of amides is 1. The highest BCUT2D eigenvalue weighted by Crippen LogP contribution is 2.21. The summed E-state index contributed by atoms with van der Waals surface area (Å²) in [5, 5.41) is 3.22. The van der Waals surface area contributed by atoms with Crippen LogP contribution >= 0.6 is 11.6 Å². The van der Waals surface area contributed by atoms with E-state index in [2.05, 4.69) is 19.4 Å². The van der Waals surface area contributed by atoms with Crippen LogP contribution in [0.1, 0.15) is 11.1 Å². The van der Waals surface area contributed by atoms with E-state index in [0.29, 0.717) is 17.3 Å². The number of quaternary nitrogens is 1. The van der Waals surface area contributed by atoms with Gasteiger partial charge >= 0.3 is 0 Å². The normalized spacial score (nSPS) is 11.4. The number of anilines is 1. The monoisotopic (exact) mass is 410 g/mol. The zero-order valence-electron chi connectivity index (χ0n) is 15.7. The fourth-order valence-electron chi connectivity index (χ4n) is 2.69. The molecule has 0 unspecified atom stereocenters. The Balaban J connectivity index is 2.09. The van der Waals surface area contributed by atoms with E-state index in [1.165, 1.54) is 11.0 Å². The highest BCUT2D eigenvalue weighted by Gasteiger charge is 2.21. The Labute approximate surface area is 165 Å². The van der Waals surface area contributed by atoms with Crippen LogP contribution in [0.15, 0.2) is 48.5 Å². The summed E-state index contributed by atoms with van der Waals surface area (Å²) >= 11 is 5.95. The van der Waals surface area contributed by atoms with Gasteiger partial charge < -0.3 is 10.2 Å². The van der Waals surface area contributed by atoms with Gasteiger partial charge in [0.05, 0.1) is 26.0 Å². The van der Waals surface area contributed by atoms with Crippen molar-refractivity contribution in [2.24, 2.45) is 0 Å². The Hall–Kier alpha value is -2.09. The number of nitrogens with one attached hydrogen (secondary N) is 2. The van der Waals surface area contributed by atoms with Crippen molar-refractivity contribution in [1.82, 2.24) is 5.32 Å². The van der Waals surface area contributed by atoms with Crippen molar-refractivity contribution in [3.05, 3.63) is 64.7 Å². The number of hydrogen-bond acceptors (Lipinski definition) is 3. The quantitative estimate of drug-likeness (QED) is 0.683. The zero-order chi connectivity index (χ0) is 20.0. The number of rotatable bonds is 8. The summed E-state index contributed by atoms with van der Waals surface area (Å²) in [7, 11) is 0.493. The van der Waals surface area contributed by atoms with Crippen molar-refractivity contribution >= 4 is 33.2 Å². The van der Waals surface area contributed by atoms with Crippen LogP contribution in [0.4, 0.5) is 5.69 Å². The lowest BCUT2D eigenvalue weighted by Crippen LogP contribution is -3.04. The Morgan fingerprint density at radius 2 is 1.78 bits per heavy atom.